The molecule has 5 nitrogen and oxygen atoms in total. The molecule has 7 heteroatoms. The highest BCUT2D eigenvalue weighted by atomic mass is 35.5. The number of thioether (sulfide) groups is 1. The van der Waals surface area contributed by atoms with E-state index in [1.807, 2.05) is 54.6 Å². The lowest BCUT2D eigenvalue weighted by atomic mass is 10.1. The fourth-order valence-corrected chi connectivity index (χ4v) is 3.94. The summed E-state index contributed by atoms with van der Waals surface area (Å²) in [5.41, 5.74) is 7.12. The van der Waals surface area contributed by atoms with Gasteiger partial charge < -0.3 is 5.73 Å². The number of hydrogen-bond acceptors (Lipinski definition) is 4. The van der Waals surface area contributed by atoms with E-state index in [4.69, 9.17) is 17.3 Å². The van der Waals surface area contributed by atoms with Crippen molar-refractivity contribution < 1.29 is 9.59 Å². The van der Waals surface area contributed by atoms with Crippen LogP contribution in [0.3, 0.4) is 0 Å². The molecule has 0 saturated carbocycles. The van der Waals surface area contributed by atoms with Gasteiger partial charge in [0.05, 0.1) is 5.69 Å². The first-order chi connectivity index (χ1) is 12.5. The van der Waals surface area contributed by atoms with Gasteiger partial charge in [-0.15, -0.1) is 0 Å². The Morgan fingerprint density at radius 3 is 2.50 bits per heavy atom. The Labute approximate surface area is 161 Å². The van der Waals surface area contributed by atoms with Crippen molar-refractivity contribution in [2.75, 3.05) is 6.54 Å². The van der Waals surface area contributed by atoms with Crippen molar-refractivity contribution in [2.24, 2.45) is 10.7 Å². The molecular weight excluding hydrogens is 370 g/mol. The Hall–Kier alpha value is -2.31. The lowest BCUT2D eigenvalue weighted by Gasteiger charge is -2.16. The average Bonchev–Trinajstić information content (AvgIpc) is 2.90. The zero-order valence-electron chi connectivity index (χ0n) is 14.0. The summed E-state index contributed by atoms with van der Waals surface area (Å²) in [6.07, 6.45) is 0.676. The van der Waals surface area contributed by atoms with Gasteiger partial charge in [-0.1, -0.05) is 53.7 Å². The number of primary amides is 1. The Kier molecular flexibility index (Phi) is 5.96. The van der Waals surface area contributed by atoms with Gasteiger partial charge in [0.25, 0.3) is 0 Å². The number of hydrogen-bond donors (Lipinski definition) is 1. The quantitative estimate of drug-likeness (QED) is 0.825. The summed E-state index contributed by atoms with van der Waals surface area (Å²) in [4.78, 5) is 30.2. The van der Waals surface area contributed by atoms with Crippen molar-refractivity contribution in [3.8, 4) is 0 Å². The van der Waals surface area contributed by atoms with Gasteiger partial charge in [0.1, 0.15) is 5.25 Å². The van der Waals surface area contributed by atoms with Gasteiger partial charge in [0, 0.05) is 18.0 Å². The molecule has 0 radical (unpaired) electrons. The molecule has 134 valence electrons. The van der Waals surface area contributed by atoms with E-state index in [1.54, 1.807) is 4.90 Å². The number of aliphatic imine (C=N–C) groups is 1. The minimum Gasteiger partial charge on any atom is -0.370 e. The molecule has 3 rings (SSSR count). The van der Waals surface area contributed by atoms with E-state index >= 15 is 0 Å². The van der Waals surface area contributed by atoms with E-state index in [1.165, 1.54) is 11.8 Å². The maximum atomic E-state index is 12.7. The standard InChI is InChI=1S/C19H18ClN3O2S/c20-14-8-6-13(7-9-14)10-11-23-18(25)16(12-17(21)24)26-19(23)22-15-4-2-1-3-5-15/h1-9,16H,10-12H2,(H2,21,24)/t16-/m1/s1. The minimum atomic E-state index is -0.514. The number of carbonyl (C=O) groups excluding carboxylic acids is 2. The molecule has 0 aromatic heterocycles. The lowest BCUT2D eigenvalue weighted by Crippen LogP contribution is -2.35. The van der Waals surface area contributed by atoms with E-state index < -0.39 is 11.2 Å². The largest absolute Gasteiger partial charge is 0.370 e. The highest BCUT2D eigenvalue weighted by molar-refractivity contribution is 8.15. The Balaban J connectivity index is 1.80. The molecule has 1 saturated heterocycles. The minimum absolute atomic E-state index is 0.00869. The predicted octanol–water partition coefficient (Wildman–Crippen LogP) is 3.39. The van der Waals surface area contributed by atoms with Gasteiger partial charge in [-0.05, 0) is 36.2 Å². The van der Waals surface area contributed by atoms with Gasteiger partial charge in [-0.3, -0.25) is 14.5 Å². The highest BCUT2D eigenvalue weighted by Gasteiger charge is 2.38. The molecule has 0 spiro atoms. The van der Waals surface area contributed by atoms with Crippen LogP contribution in [0, 0.1) is 0 Å². The zero-order valence-corrected chi connectivity index (χ0v) is 15.5. The molecule has 0 unspecified atom stereocenters. The van der Waals surface area contributed by atoms with Crippen LogP contribution in [0.25, 0.3) is 0 Å². The fraction of sp³-hybridized carbons (Fsp3) is 0.211. The summed E-state index contributed by atoms with van der Waals surface area (Å²) < 4.78 is 0. The number of nitrogens with two attached hydrogens (primary N) is 1. The molecule has 2 aromatic carbocycles. The van der Waals surface area contributed by atoms with Crippen LogP contribution >= 0.6 is 23.4 Å². The normalized spacial score (nSPS) is 18.5. The van der Waals surface area contributed by atoms with Crippen LogP contribution in [0.4, 0.5) is 5.69 Å². The van der Waals surface area contributed by atoms with Gasteiger partial charge in [0.2, 0.25) is 11.8 Å². The first kappa shape index (κ1) is 18.5. The number of para-hydroxylation sites is 1. The number of amidine groups is 1. The summed E-state index contributed by atoms with van der Waals surface area (Å²) in [7, 11) is 0. The molecule has 1 fully saturated rings. The van der Waals surface area contributed by atoms with Gasteiger partial charge in [0.15, 0.2) is 5.17 Å². The van der Waals surface area contributed by atoms with Crippen LogP contribution in [0.5, 0.6) is 0 Å². The third-order valence-corrected chi connectivity index (χ3v) is 5.35. The second-order valence-corrected chi connectivity index (χ2v) is 7.48. The monoisotopic (exact) mass is 387 g/mol. The summed E-state index contributed by atoms with van der Waals surface area (Å²) in [6.45, 7) is 0.481. The Bertz CT molecular complexity index is 824. The number of amides is 2. The molecular formula is C19H18ClN3O2S. The van der Waals surface area contributed by atoms with E-state index in [2.05, 4.69) is 4.99 Å². The van der Waals surface area contributed by atoms with Gasteiger partial charge in [-0.2, -0.15) is 0 Å². The molecule has 1 atom stereocenters. The summed E-state index contributed by atoms with van der Waals surface area (Å²) >= 11 is 7.20. The molecule has 1 aliphatic rings. The van der Waals surface area contributed by atoms with Crippen molar-refractivity contribution in [1.29, 1.82) is 0 Å². The Morgan fingerprint density at radius 1 is 1.15 bits per heavy atom. The third-order valence-electron chi connectivity index (χ3n) is 3.92. The van der Waals surface area contributed by atoms with Crippen molar-refractivity contribution >= 4 is 46.0 Å². The van der Waals surface area contributed by atoms with Crippen LogP contribution in [-0.4, -0.2) is 33.7 Å². The molecule has 2 N–H and O–H groups in total. The molecule has 0 bridgehead atoms. The van der Waals surface area contributed by atoms with Crippen LogP contribution in [-0.2, 0) is 16.0 Å². The zero-order chi connectivity index (χ0) is 18.5. The molecule has 2 amide bonds. The Morgan fingerprint density at radius 2 is 1.85 bits per heavy atom. The second kappa shape index (κ2) is 8.38. The van der Waals surface area contributed by atoms with Crippen LogP contribution < -0.4 is 5.73 Å². The van der Waals surface area contributed by atoms with Gasteiger partial charge in [-0.25, -0.2) is 4.99 Å². The molecule has 26 heavy (non-hydrogen) atoms. The SMILES string of the molecule is NC(=O)C[C@H]1SC(=Nc2ccccc2)N(CCc2ccc(Cl)cc2)C1=O. The maximum absolute atomic E-state index is 12.7. The number of rotatable bonds is 6. The van der Waals surface area contributed by atoms with Crippen molar-refractivity contribution in [3.05, 3.63) is 65.2 Å². The molecule has 2 aromatic rings. The fourth-order valence-electron chi connectivity index (χ4n) is 2.62. The summed E-state index contributed by atoms with van der Waals surface area (Å²) in [5.74, 6) is -0.619. The predicted molar refractivity (Wildman–Crippen MR) is 106 cm³/mol. The van der Waals surface area contributed by atoms with Crippen LogP contribution in [0.1, 0.15) is 12.0 Å². The molecule has 1 aliphatic heterocycles. The van der Waals surface area contributed by atoms with Crippen molar-refractivity contribution in [1.82, 2.24) is 4.90 Å². The molecule has 0 aliphatic carbocycles. The van der Waals surface area contributed by atoms with Crippen LogP contribution in [0.15, 0.2) is 59.6 Å². The topological polar surface area (TPSA) is 75.8 Å². The lowest BCUT2D eigenvalue weighted by molar-refractivity contribution is -0.128. The van der Waals surface area contributed by atoms with Crippen molar-refractivity contribution in [3.63, 3.8) is 0 Å². The highest BCUT2D eigenvalue weighted by Crippen LogP contribution is 2.31. The smallest absolute Gasteiger partial charge is 0.242 e. The van der Waals surface area contributed by atoms with E-state index in [0.717, 1.165) is 11.3 Å². The van der Waals surface area contributed by atoms with E-state index in [-0.39, 0.29) is 12.3 Å². The molecule has 1 heterocycles. The van der Waals surface area contributed by atoms with Crippen molar-refractivity contribution in [2.45, 2.75) is 18.1 Å². The number of halogens is 1. The maximum Gasteiger partial charge on any atom is 0.242 e. The van der Waals surface area contributed by atoms with Gasteiger partial charge >= 0.3 is 0 Å². The summed E-state index contributed by atoms with van der Waals surface area (Å²) in [5, 5.41) is 0.760. The number of benzene rings is 2. The third kappa shape index (κ3) is 4.65. The average molecular weight is 388 g/mol. The first-order valence-corrected chi connectivity index (χ1v) is 9.43. The number of carbonyl (C=O) groups is 2. The van der Waals surface area contributed by atoms with E-state index in [9.17, 15) is 9.59 Å². The van der Waals surface area contributed by atoms with E-state index in [0.29, 0.717) is 23.2 Å². The number of nitrogens with zero attached hydrogens (tertiary/aromatic N) is 2. The first-order valence-electron chi connectivity index (χ1n) is 8.17. The summed E-state index contributed by atoms with van der Waals surface area (Å²) in [6, 6.07) is 17.0. The second-order valence-electron chi connectivity index (χ2n) is 5.87. The van der Waals surface area contributed by atoms with Crippen LogP contribution in [0.2, 0.25) is 5.02 Å².